The Labute approximate surface area is 286 Å². The Morgan fingerprint density at radius 1 is 1.08 bits per heavy atom. The van der Waals surface area contributed by atoms with Gasteiger partial charge in [0, 0.05) is 25.7 Å². The van der Waals surface area contributed by atoms with Crippen molar-refractivity contribution in [2.75, 3.05) is 33.4 Å². The minimum absolute atomic E-state index is 0.0130. The summed E-state index contributed by atoms with van der Waals surface area (Å²) in [7, 11) is 1.77. The highest BCUT2D eigenvalue weighted by atomic mass is 19.4. The number of carbonyl (C=O) groups is 4. The molecule has 2 N–H and O–H groups in total. The molecule has 1 aromatic heterocycles. The molecular weight excluding hydrogens is 665 g/mol. The Kier molecular flexibility index (Phi) is 12.6. The summed E-state index contributed by atoms with van der Waals surface area (Å²) in [6, 6.07) is 10.3. The van der Waals surface area contributed by atoms with E-state index in [0.29, 0.717) is 52.4 Å². The van der Waals surface area contributed by atoms with E-state index in [4.69, 9.17) is 19.4 Å². The van der Waals surface area contributed by atoms with E-state index in [1.165, 1.54) is 4.90 Å². The standard InChI is InChI=1S/C32H41N4O7.C2HF3O2/c1-4-6-7-10-13-33(3)30(39)23-16-24-25(17-27(23)43-28-20-42-19-26(28)38)35(14-15-37)29(34(24)5-2)18-36-31(40)21-11-8-9-12-22(21)32(36)41;3-2(4,5)1(6)7/h8-9,11-12,16-17,26,28,37-38H,4-7,10,13-15,18-20H2,1-3H3;(H,6,7)/q+1;/p-1/t26-,28-;/m0./s1. The molecule has 13 nitrogen and oxygen atoms in total. The number of hydrogen-bond donors (Lipinski definition) is 2. The number of benzene rings is 2. The van der Waals surface area contributed by atoms with Gasteiger partial charge < -0.3 is 34.5 Å². The number of imidazole rings is 1. The van der Waals surface area contributed by atoms with Crippen molar-refractivity contribution >= 4 is 34.7 Å². The molecule has 0 spiro atoms. The number of aliphatic hydroxyl groups is 2. The van der Waals surface area contributed by atoms with Crippen molar-refractivity contribution < 1.29 is 61.7 Å². The Bertz CT molecular complexity index is 1690. The number of hydrogen-bond acceptors (Lipinski definition) is 9. The molecule has 3 amide bonds. The van der Waals surface area contributed by atoms with E-state index in [1.807, 2.05) is 16.1 Å². The monoisotopic (exact) mass is 706 g/mol. The molecule has 2 aromatic carbocycles. The summed E-state index contributed by atoms with van der Waals surface area (Å²) in [5, 5.41) is 29.2. The maximum Gasteiger partial charge on any atom is 0.430 e. The number of nitrogens with zero attached hydrogens (tertiary/aromatic N) is 4. The predicted molar refractivity (Wildman–Crippen MR) is 169 cm³/mol. The highest BCUT2D eigenvalue weighted by Crippen LogP contribution is 2.31. The van der Waals surface area contributed by atoms with Crippen LogP contribution in [0, 0.1) is 0 Å². The largest absolute Gasteiger partial charge is 0.542 e. The summed E-state index contributed by atoms with van der Waals surface area (Å²) >= 11 is 0. The summed E-state index contributed by atoms with van der Waals surface area (Å²) in [4.78, 5) is 52.0. The van der Waals surface area contributed by atoms with Crippen LogP contribution in [0.4, 0.5) is 13.2 Å². The van der Waals surface area contributed by atoms with Crippen molar-refractivity contribution in [2.24, 2.45) is 0 Å². The van der Waals surface area contributed by atoms with E-state index in [-0.39, 0.29) is 50.6 Å². The Morgan fingerprint density at radius 2 is 1.72 bits per heavy atom. The number of amides is 3. The van der Waals surface area contributed by atoms with Crippen molar-refractivity contribution in [3.05, 3.63) is 58.9 Å². The van der Waals surface area contributed by atoms with Crippen LogP contribution in [0.25, 0.3) is 11.0 Å². The van der Waals surface area contributed by atoms with Gasteiger partial charge in [-0.25, -0.2) is 9.13 Å². The Hall–Kier alpha value is -4.54. The van der Waals surface area contributed by atoms with Crippen LogP contribution < -0.4 is 14.4 Å². The number of aliphatic hydroxyl groups excluding tert-OH is 2. The topological polar surface area (TPSA) is 166 Å². The molecule has 272 valence electrons. The second-order valence-electron chi connectivity index (χ2n) is 11.9. The number of aliphatic carboxylic acids is 1. The van der Waals surface area contributed by atoms with Gasteiger partial charge in [0.2, 0.25) is 0 Å². The summed E-state index contributed by atoms with van der Waals surface area (Å²) in [6.07, 6.45) is -2.55. The number of alkyl halides is 3. The molecule has 0 bridgehead atoms. The number of aromatic nitrogens is 2. The van der Waals surface area contributed by atoms with Gasteiger partial charge in [-0.05, 0) is 25.5 Å². The third-order valence-corrected chi connectivity index (χ3v) is 8.53. The maximum atomic E-state index is 13.8. The van der Waals surface area contributed by atoms with Crippen molar-refractivity contribution in [2.45, 2.75) is 77.5 Å². The fourth-order valence-corrected chi connectivity index (χ4v) is 5.96. The first-order valence-electron chi connectivity index (χ1n) is 16.4. The van der Waals surface area contributed by atoms with Gasteiger partial charge in [0.15, 0.2) is 11.0 Å². The molecule has 1 saturated heterocycles. The summed E-state index contributed by atoms with van der Waals surface area (Å²) in [5.41, 5.74) is 2.46. The average Bonchev–Trinajstić information content (AvgIpc) is 3.70. The highest BCUT2D eigenvalue weighted by Gasteiger charge is 2.39. The molecular formula is C34H41F3N4O9. The lowest BCUT2D eigenvalue weighted by molar-refractivity contribution is -0.682. The first-order valence-corrected chi connectivity index (χ1v) is 16.4. The van der Waals surface area contributed by atoms with Crippen molar-refractivity contribution in [1.29, 1.82) is 0 Å². The Morgan fingerprint density at radius 3 is 2.24 bits per heavy atom. The van der Waals surface area contributed by atoms with Gasteiger partial charge in [-0.1, -0.05) is 38.3 Å². The lowest BCUT2D eigenvalue weighted by atomic mass is 10.1. The zero-order chi connectivity index (χ0) is 36.7. The third kappa shape index (κ3) is 8.25. The smallest absolute Gasteiger partial charge is 0.430 e. The van der Waals surface area contributed by atoms with Crippen LogP contribution in [0.3, 0.4) is 0 Å². The average molecular weight is 707 g/mol. The predicted octanol–water partition coefficient (Wildman–Crippen LogP) is 1.83. The number of imide groups is 1. The fraction of sp³-hybridized carbons (Fsp3) is 0.500. The van der Waals surface area contributed by atoms with E-state index in [1.54, 1.807) is 48.3 Å². The van der Waals surface area contributed by atoms with E-state index in [9.17, 15) is 37.8 Å². The number of carbonyl (C=O) groups excluding carboxylic acids is 4. The van der Waals surface area contributed by atoms with Gasteiger partial charge in [0.25, 0.3) is 23.5 Å². The van der Waals surface area contributed by atoms with Crippen molar-refractivity contribution in [3.63, 3.8) is 0 Å². The molecule has 5 rings (SSSR count). The molecule has 2 aliphatic rings. The van der Waals surface area contributed by atoms with Crippen LogP contribution in [-0.2, 0) is 29.2 Å². The Balaban J connectivity index is 0.000000727. The zero-order valence-electron chi connectivity index (χ0n) is 28.1. The quantitative estimate of drug-likeness (QED) is 0.153. The molecule has 3 heterocycles. The van der Waals surface area contributed by atoms with E-state index in [0.717, 1.165) is 25.7 Å². The van der Waals surface area contributed by atoms with Gasteiger partial charge in [-0.15, -0.1) is 0 Å². The lowest BCUT2D eigenvalue weighted by Crippen LogP contribution is -2.43. The van der Waals surface area contributed by atoms with Crippen LogP contribution in [-0.4, -0.2) is 100 Å². The maximum absolute atomic E-state index is 13.8. The van der Waals surface area contributed by atoms with Crippen LogP contribution in [0.5, 0.6) is 5.75 Å². The number of fused-ring (bicyclic) bond motifs is 2. The van der Waals surface area contributed by atoms with Crippen LogP contribution in [0.2, 0.25) is 0 Å². The van der Waals surface area contributed by atoms with Crippen LogP contribution in [0.1, 0.15) is 76.4 Å². The van der Waals surface area contributed by atoms with Crippen molar-refractivity contribution in [3.8, 4) is 5.75 Å². The van der Waals surface area contributed by atoms with Gasteiger partial charge in [0.1, 0.15) is 37.0 Å². The second kappa shape index (κ2) is 16.4. The second-order valence-corrected chi connectivity index (χ2v) is 11.9. The first-order chi connectivity index (χ1) is 23.7. The van der Waals surface area contributed by atoms with Crippen LogP contribution in [0.15, 0.2) is 36.4 Å². The van der Waals surface area contributed by atoms with E-state index < -0.39 is 24.4 Å². The highest BCUT2D eigenvalue weighted by molar-refractivity contribution is 6.21. The van der Waals surface area contributed by atoms with Gasteiger partial charge in [-0.2, -0.15) is 13.2 Å². The fourth-order valence-electron chi connectivity index (χ4n) is 5.96. The normalized spacial score (nSPS) is 17.2. The molecule has 50 heavy (non-hydrogen) atoms. The molecule has 2 aliphatic heterocycles. The number of halogens is 3. The van der Waals surface area contributed by atoms with Gasteiger partial charge >= 0.3 is 6.18 Å². The molecule has 0 saturated carbocycles. The summed E-state index contributed by atoms with van der Waals surface area (Å²) < 4.78 is 47.0. The number of rotatable bonds is 13. The number of carboxylic acid groups (broad SMARTS) is 1. The van der Waals surface area contributed by atoms with E-state index >= 15 is 0 Å². The minimum Gasteiger partial charge on any atom is -0.542 e. The molecule has 0 unspecified atom stereocenters. The molecule has 1 fully saturated rings. The zero-order valence-corrected chi connectivity index (χ0v) is 28.1. The third-order valence-electron chi connectivity index (χ3n) is 8.53. The molecule has 16 heteroatoms. The number of unbranched alkanes of at least 4 members (excludes halogenated alkanes) is 3. The van der Waals surface area contributed by atoms with Gasteiger partial charge in [-0.3, -0.25) is 19.3 Å². The van der Waals surface area contributed by atoms with Crippen LogP contribution >= 0.6 is 0 Å². The van der Waals surface area contributed by atoms with E-state index in [2.05, 4.69) is 6.92 Å². The number of carboxylic acids is 1. The van der Waals surface area contributed by atoms with Crippen molar-refractivity contribution in [1.82, 2.24) is 14.4 Å². The molecule has 0 aliphatic carbocycles. The SMILES string of the molecule is CCCCCCN(C)C(=O)c1cc2c(cc1O[C@H]1COC[C@@H]1O)[n+](CCO)c(CN1C(=O)c3ccccc3C1=O)n2CC.O=C([O-])C(F)(F)F. The molecule has 2 atom stereocenters. The lowest BCUT2D eigenvalue weighted by Gasteiger charge is -2.21. The molecule has 3 aromatic rings. The van der Waals surface area contributed by atoms with Gasteiger partial charge in [0.05, 0.1) is 43.1 Å². The summed E-state index contributed by atoms with van der Waals surface area (Å²) in [5.74, 6) is -3.02. The minimum atomic E-state index is -5.19. The molecule has 0 radical (unpaired) electrons. The number of aryl methyl sites for hydroxylation is 1. The summed E-state index contributed by atoms with van der Waals surface area (Å²) in [6.45, 7) is 5.51. The number of ether oxygens (including phenoxy) is 2. The first kappa shape index (κ1) is 38.3.